The molecule has 2 aromatic carbocycles. The highest BCUT2D eigenvalue weighted by atomic mass is 19.3. The molecule has 3 saturated heterocycles. The van der Waals surface area contributed by atoms with Gasteiger partial charge in [0.15, 0.2) is 17.4 Å². The standard InChI is InChI=1S/C38H38FN9O5.CH2F2/c39-29-3-1-2-27(35(29)50)30-16-32-36(44-43-30)41-18-25-14-26(21-47(25)32)53-34-9-4-22(17-40-34)19-45-10-12-46(13-11-45)24-6-5-23-20-48(38(52)28(23)15-24)31-7-8-33(49)42-37(31)51;2-1-3/h1-6,9,15-17,25-26,31,50H,7-8,10-14,18-21H2,(H,41,44)(H,42,49,51);1H2. The SMILES string of the molecule is FCF.O=C1CCC(N2Cc3ccc(N4CCN(Cc5ccc(OC6CC7CNc8nnc(-c9cccc(F)c9O)cc8N7C6)nc5)CC4)cc3C2=O)C(=O)N1. The number of pyridine rings is 1. The van der Waals surface area contributed by atoms with Gasteiger partial charge < -0.3 is 29.9 Å². The van der Waals surface area contributed by atoms with Gasteiger partial charge in [0.05, 0.1) is 24.0 Å². The van der Waals surface area contributed by atoms with Crippen LogP contribution < -0.4 is 25.2 Å². The van der Waals surface area contributed by atoms with Gasteiger partial charge in [-0.1, -0.05) is 18.2 Å². The highest BCUT2D eigenvalue weighted by Crippen LogP contribution is 2.39. The number of alkyl halides is 2. The van der Waals surface area contributed by atoms with Gasteiger partial charge in [0.1, 0.15) is 12.1 Å². The van der Waals surface area contributed by atoms with Crippen LogP contribution in [-0.4, -0.2) is 112 Å². The third-order valence-corrected chi connectivity index (χ3v) is 11.0. The van der Waals surface area contributed by atoms with Crippen LogP contribution in [0.5, 0.6) is 11.6 Å². The number of anilines is 3. The summed E-state index contributed by atoms with van der Waals surface area (Å²) in [5, 5.41) is 24.5. The number of hydrogen-bond acceptors (Lipinski definition) is 12. The molecule has 5 aliphatic heterocycles. The van der Waals surface area contributed by atoms with Crippen LogP contribution in [-0.2, 0) is 22.7 Å². The molecule has 9 rings (SSSR count). The number of aromatic hydroxyl groups is 1. The van der Waals surface area contributed by atoms with E-state index in [1.165, 1.54) is 12.1 Å². The number of halogens is 3. The minimum atomic E-state index is -1.75. The number of carbonyl (C=O) groups excluding carboxylic acids is 3. The quantitative estimate of drug-likeness (QED) is 0.234. The van der Waals surface area contributed by atoms with Crippen molar-refractivity contribution in [2.45, 2.75) is 50.5 Å². The number of nitrogens with zero attached hydrogens (tertiary/aromatic N) is 7. The fourth-order valence-corrected chi connectivity index (χ4v) is 8.15. The number of phenolic OH excluding ortho intramolecular Hbond substituents is 1. The normalized spacial score (nSPS) is 21.7. The van der Waals surface area contributed by atoms with Crippen molar-refractivity contribution < 1.29 is 37.4 Å². The summed E-state index contributed by atoms with van der Waals surface area (Å²) in [5.41, 5.74) is 5.14. The average molecular weight is 772 g/mol. The summed E-state index contributed by atoms with van der Waals surface area (Å²) in [6.07, 6.45) is 3.16. The van der Waals surface area contributed by atoms with Gasteiger partial charge in [-0.15, -0.1) is 10.2 Å². The molecule has 3 amide bonds. The average Bonchev–Trinajstić information content (AvgIpc) is 3.77. The second-order valence-electron chi connectivity index (χ2n) is 14.4. The van der Waals surface area contributed by atoms with Crippen LogP contribution in [0.25, 0.3) is 11.3 Å². The number of benzene rings is 2. The number of carbonyl (C=O) groups is 3. The minimum Gasteiger partial charge on any atom is -0.504 e. The Bertz CT molecular complexity index is 2140. The van der Waals surface area contributed by atoms with Gasteiger partial charge in [0, 0.05) is 87.7 Å². The Hall–Kier alpha value is -5.97. The van der Waals surface area contributed by atoms with Crippen molar-refractivity contribution in [3.05, 3.63) is 83.3 Å². The van der Waals surface area contributed by atoms with Crippen molar-refractivity contribution >= 4 is 34.9 Å². The number of nitrogens with one attached hydrogen (secondary N) is 2. The first kappa shape index (κ1) is 37.0. The molecule has 4 aromatic rings. The van der Waals surface area contributed by atoms with E-state index in [4.69, 9.17) is 4.74 Å². The lowest BCUT2D eigenvalue weighted by Gasteiger charge is -2.36. The third kappa shape index (κ3) is 7.37. The summed E-state index contributed by atoms with van der Waals surface area (Å²) in [6, 6.07) is 15.7. The van der Waals surface area contributed by atoms with Crippen molar-refractivity contribution in [1.82, 2.24) is 30.3 Å². The third-order valence-electron chi connectivity index (χ3n) is 11.0. The number of ether oxygens (including phenoxy) is 1. The molecule has 3 fully saturated rings. The zero-order valence-corrected chi connectivity index (χ0v) is 30.3. The van der Waals surface area contributed by atoms with Crippen LogP contribution in [0.3, 0.4) is 0 Å². The van der Waals surface area contributed by atoms with Gasteiger partial charge in [0.2, 0.25) is 24.6 Å². The lowest BCUT2D eigenvalue weighted by Crippen LogP contribution is -2.52. The maximum atomic E-state index is 14.0. The Balaban J connectivity index is 0.00000143. The van der Waals surface area contributed by atoms with E-state index >= 15 is 0 Å². The van der Waals surface area contributed by atoms with Crippen LogP contribution >= 0.6 is 0 Å². The predicted octanol–water partition coefficient (Wildman–Crippen LogP) is 3.80. The molecule has 3 N–H and O–H groups in total. The second kappa shape index (κ2) is 15.6. The molecule has 5 aliphatic rings. The molecule has 292 valence electrons. The van der Waals surface area contributed by atoms with Crippen LogP contribution in [0, 0.1) is 5.82 Å². The van der Waals surface area contributed by atoms with E-state index < -0.39 is 30.4 Å². The van der Waals surface area contributed by atoms with E-state index in [0.29, 0.717) is 54.6 Å². The van der Waals surface area contributed by atoms with Crippen molar-refractivity contribution in [2.75, 3.05) is 61.3 Å². The smallest absolute Gasteiger partial charge is 0.255 e. The number of rotatable bonds is 7. The molecular weight excluding hydrogens is 731 g/mol. The van der Waals surface area contributed by atoms with Crippen LogP contribution in [0.4, 0.5) is 30.4 Å². The molecule has 3 unspecified atom stereocenters. The lowest BCUT2D eigenvalue weighted by atomic mass is 10.0. The van der Waals surface area contributed by atoms with Gasteiger partial charge in [-0.3, -0.25) is 24.6 Å². The van der Waals surface area contributed by atoms with E-state index in [2.05, 4.69) is 46.6 Å². The molecule has 0 radical (unpaired) electrons. The topological polar surface area (TPSA) is 156 Å². The summed E-state index contributed by atoms with van der Waals surface area (Å²) in [7, 11) is 0. The molecule has 0 aliphatic carbocycles. The number of hydrogen-bond donors (Lipinski definition) is 3. The van der Waals surface area contributed by atoms with Crippen molar-refractivity contribution in [1.29, 1.82) is 0 Å². The van der Waals surface area contributed by atoms with Gasteiger partial charge in [0.25, 0.3) is 5.91 Å². The number of para-hydroxylation sites is 1. The molecule has 0 saturated carbocycles. The highest BCUT2D eigenvalue weighted by molar-refractivity contribution is 6.05. The molecule has 3 atom stereocenters. The van der Waals surface area contributed by atoms with E-state index in [1.54, 1.807) is 11.0 Å². The first-order valence-electron chi connectivity index (χ1n) is 18.5. The predicted molar refractivity (Wildman–Crippen MR) is 199 cm³/mol. The first-order valence-corrected chi connectivity index (χ1v) is 18.5. The maximum absolute atomic E-state index is 14.0. The van der Waals surface area contributed by atoms with E-state index in [9.17, 15) is 32.7 Å². The van der Waals surface area contributed by atoms with Crippen molar-refractivity contribution in [3.8, 4) is 22.9 Å². The molecule has 7 heterocycles. The van der Waals surface area contributed by atoms with E-state index in [1.807, 2.05) is 36.5 Å². The number of piperazine rings is 1. The molecule has 2 aromatic heterocycles. The molecule has 0 bridgehead atoms. The highest BCUT2D eigenvalue weighted by Gasteiger charge is 2.40. The van der Waals surface area contributed by atoms with Gasteiger partial charge >= 0.3 is 0 Å². The van der Waals surface area contributed by atoms with Crippen molar-refractivity contribution in [3.63, 3.8) is 0 Å². The molecule has 56 heavy (non-hydrogen) atoms. The number of aromatic nitrogens is 3. The number of phenols is 1. The zero-order chi connectivity index (χ0) is 38.9. The molecule has 14 nitrogen and oxygen atoms in total. The van der Waals surface area contributed by atoms with Crippen molar-refractivity contribution in [2.24, 2.45) is 0 Å². The fourth-order valence-electron chi connectivity index (χ4n) is 8.15. The maximum Gasteiger partial charge on any atom is 0.255 e. The van der Waals surface area contributed by atoms with Crippen LogP contribution in [0.1, 0.15) is 40.7 Å². The number of imide groups is 1. The fraction of sp³-hybridized carbons (Fsp3) is 0.385. The number of amides is 3. The number of piperidine rings is 1. The Morgan fingerprint density at radius 3 is 2.54 bits per heavy atom. The minimum absolute atomic E-state index is 0.0895. The lowest BCUT2D eigenvalue weighted by molar-refractivity contribution is -0.136. The summed E-state index contributed by atoms with van der Waals surface area (Å²) in [4.78, 5) is 50.4. The molecule has 17 heteroatoms. The van der Waals surface area contributed by atoms with Crippen LogP contribution in [0.2, 0.25) is 0 Å². The largest absolute Gasteiger partial charge is 0.504 e. The van der Waals surface area contributed by atoms with E-state index in [-0.39, 0.29) is 30.4 Å². The Morgan fingerprint density at radius 1 is 0.946 bits per heavy atom. The monoisotopic (exact) mass is 771 g/mol. The number of fused-ring (bicyclic) bond motifs is 4. The first-order chi connectivity index (χ1) is 27.2. The van der Waals surface area contributed by atoms with Gasteiger partial charge in [-0.2, -0.15) is 0 Å². The summed E-state index contributed by atoms with van der Waals surface area (Å²) in [5.74, 6) is -0.789. The van der Waals surface area contributed by atoms with Gasteiger partial charge in [-0.05, 0) is 47.9 Å². The van der Waals surface area contributed by atoms with E-state index in [0.717, 1.165) is 61.6 Å². The van der Waals surface area contributed by atoms with Crippen LogP contribution in [0.15, 0.2) is 60.8 Å². The molecule has 0 spiro atoms. The Labute approximate surface area is 320 Å². The Kier molecular flexibility index (Phi) is 10.3. The second-order valence-corrected chi connectivity index (χ2v) is 14.4. The van der Waals surface area contributed by atoms with Gasteiger partial charge in [-0.25, -0.2) is 18.2 Å². The molecular formula is C39H40F3N9O5. The summed E-state index contributed by atoms with van der Waals surface area (Å²) < 4.78 is 39.6. The zero-order valence-electron chi connectivity index (χ0n) is 30.3. The summed E-state index contributed by atoms with van der Waals surface area (Å²) >= 11 is 0. The Morgan fingerprint density at radius 2 is 1.77 bits per heavy atom. The summed E-state index contributed by atoms with van der Waals surface area (Å²) in [6.45, 7) is 4.04.